The van der Waals surface area contributed by atoms with Crippen molar-refractivity contribution in [1.29, 1.82) is 0 Å². The van der Waals surface area contributed by atoms with Crippen LogP contribution in [-0.2, 0) is 22.3 Å². The van der Waals surface area contributed by atoms with Crippen LogP contribution < -0.4 is 0 Å². The SMILES string of the molecule is CCCc1c(CC)c(O)cc(C(=O)OC)c1C(=O)OC. The number of carbonyl (C=O) groups is 2. The zero-order valence-corrected chi connectivity index (χ0v) is 12.3. The van der Waals surface area contributed by atoms with Crippen LogP contribution in [0.5, 0.6) is 5.75 Å². The number of carbonyl (C=O) groups excluding carboxylic acids is 2. The Labute approximate surface area is 118 Å². The van der Waals surface area contributed by atoms with Crippen LogP contribution in [0.2, 0.25) is 0 Å². The van der Waals surface area contributed by atoms with Crippen molar-refractivity contribution < 1.29 is 24.2 Å². The summed E-state index contributed by atoms with van der Waals surface area (Å²) < 4.78 is 9.45. The van der Waals surface area contributed by atoms with Crippen molar-refractivity contribution in [3.63, 3.8) is 0 Å². The van der Waals surface area contributed by atoms with Gasteiger partial charge >= 0.3 is 11.9 Å². The van der Waals surface area contributed by atoms with Gasteiger partial charge < -0.3 is 14.6 Å². The number of methoxy groups -OCH3 is 2. The summed E-state index contributed by atoms with van der Waals surface area (Å²) in [6.07, 6.45) is 1.92. The minimum Gasteiger partial charge on any atom is -0.508 e. The first-order valence-corrected chi connectivity index (χ1v) is 6.56. The monoisotopic (exact) mass is 280 g/mol. The molecule has 0 amide bonds. The maximum Gasteiger partial charge on any atom is 0.339 e. The molecule has 0 spiro atoms. The lowest BCUT2D eigenvalue weighted by atomic mass is 9.90. The predicted molar refractivity (Wildman–Crippen MR) is 74.2 cm³/mol. The molecule has 0 heterocycles. The average Bonchev–Trinajstić information content (AvgIpc) is 2.45. The number of hydrogen-bond donors (Lipinski definition) is 1. The maximum atomic E-state index is 12.0. The highest BCUT2D eigenvalue weighted by Crippen LogP contribution is 2.31. The Balaban J connectivity index is 3.68. The van der Waals surface area contributed by atoms with Gasteiger partial charge in [0.1, 0.15) is 5.75 Å². The summed E-state index contributed by atoms with van der Waals surface area (Å²) in [5.41, 5.74) is 1.55. The maximum absolute atomic E-state index is 12.0. The third-order valence-corrected chi connectivity index (χ3v) is 3.17. The zero-order chi connectivity index (χ0) is 15.3. The second kappa shape index (κ2) is 6.93. The van der Waals surface area contributed by atoms with E-state index in [9.17, 15) is 14.7 Å². The van der Waals surface area contributed by atoms with Gasteiger partial charge in [0.15, 0.2) is 0 Å². The van der Waals surface area contributed by atoms with Gasteiger partial charge in [0.25, 0.3) is 0 Å². The molecule has 1 aromatic rings. The van der Waals surface area contributed by atoms with Gasteiger partial charge in [-0.3, -0.25) is 0 Å². The second-order valence-electron chi connectivity index (χ2n) is 4.36. The van der Waals surface area contributed by atoms with Crippen molar-refractivity contribution in [3.05, 3.63) is 28.3 Å². The molecule has 0 radical (unpaired) electrons. The molecule has 0 saturated heterocycles. The number of phenolic OH excluding ortho intramolecular Hbond substituents is 1. The second-order valence-corrected chi connectivity index (χ2v) is 4.36. The fraction of sp³-hybridized carbons (Fsp3) is 0.467. The van der Waals surface area contributed by atoms with Crippen LogP contribution in [0.1, 0.15) is 52.1 Å². The molecule has 0 saturated carbocycles. The van der Waals surface area contributed by atoms with E-state index in [2.05, 4.69) is 4.74 Å². The fourth-order valence-corrected chi connectivity index (χ4v) is 2.29. The van der Waals surface area contributed by atoms with Crippen LogP contribution in [0.25, 0.3) is 0 Å². The minimum atomic E-state index is -0.666. The minimum absolute atomic E-state index is 0.00371. The Kier molecular flexibility index (Phi) is 5.55. The van der Waals surface area contributed by atoms with Gasteiger partial charge in [0, 0.05) is 0 Å². The van der Waals surface area contributed by atoms with Gasteiger partial charge in [-0.15, -0.1) is 0 Å². The summed E-state index contributed by atoms with van der Waals surface area (Å²) in [7, 11) is 2.49. The largest absolute Gasteiger partial charge is 0.508 e. The van der Waals surface area contributed by atoms with Crippen LogP contribution >= 0.6 is 0 Å². The van der Waals surface area contributed by atoms with E-state index >= 15 is 0 Å². The molecule has 0 bridgehead atoms. The summed E-state index contributed by atoms with van der Waals surface area (Å²) >= 11 is 0. The van der Waals surface area contributed by atoms with E-state index in [1.807, 2.05) is 13.8 Å². The third-order valence-electron chi connectivity index (χ3n) is 3.17. The van der Waals surface area contributed by atoms with E-state index in [0.717, 1.165) is 6.42 Å². The van der Waals surface area contributed by atoms with Crippen LogP contribution in [0.3, 0.4) is 0 Å². The first-order valence-electron chi connectivity index (χ1n) is 6.56. The molecule has 0 aliphatic carbocycles. The van der Waals surface area contributed by atoms with E-state index in [4.69, 9.17) is 4.74 Å². The van der Waals surface area contributed by atoms with Gasteiger partial charge in [-0.2, -0.15) is 0 Å². The number of aromatic hydroxyl groups is 1. The number of phenols is 1. The van der Waals surface area contributed by atoms with E-state index < -0.39 is 11.9 Å². The number of ether oxygens (including phenoxy) is 2. The highest BCUT2D eigenvalue weighted by atomic mass is 16.5. The molecule has 1 rings (SSSR count). The van der Waals surface area contributed by atoms with Gasteiger partial charge in [0.2, 0.25) is 0 Å². The van der Waals surface area contributed by atoms with E-state index in [1.165, 1.54) is 20.3 Å². The van der Waals surface area contributed by atoms with E-state index in [1.54, 1.807) is 0 Å². The summed E-state index contributed by atoms with van der Waals surface area (Å²) in [5.74, 6) is -1.26. The molecule has 1 aromatic carbocycles. The third kappa shape index (κ3) is 2.92. The number of rotatable bonds is 5. The Morgan fingerprint density at radius 1 is 1.10 bits per heavy atom. The van der Waals surface area contributed by atoms with Crippen LogP contribution in [0.15, 0.2) is 6.07 Å². The number of benzene rings is 1. The molecule has 1 N–H and O–H groups in total. The fourth-order valence-electron chi connectivity index (χ4n) is 2.29. The Hall–Kier alpha value is -2.04. The zero-order valence-electron chi connectivity index (χ0n) is 12.3. The lowest BCUT2D eigenvalue weighted by molar-refractivity contribution is 0.0553. The highest BCUT2D eigenvalue weighted by molar-refractivity contribution is 6.05. The summed E-state index contributed by atoms with van der Waals surface area (Å²) in [4.78, 5) is 23.8. The predicted octanol–water partition coefficient (Wildman–Crippen LogP) is 2.48. The standard InChI is InChI=1S/C15H20O5/c1-5-7-10-9(6-2)12(16)8-11(14(17)19-3)13(10)15(18)20-4/h8,16H,5-7H2,1-4H3. The Bertz CT molecular complexity index is 519. The van der Waals surface area contributed by atoms with Crippen molar-refractivity contribution in [3.8, 4) is 5.75 Å². The van der Waals surface area contributed by atoms with Gasteiger partial charge in [-0.25, -0.2) is 9.59 Å². The number of hydrogen-bond acceptors (Lipinski definition) is 5. The van der Waals surface area contributed by atoms with Crippen LogP contribution in [-0.4, -0.2) is 31.3 Å². The molecule has 5 nitrogen and oxygen atoms in total. The summed E-state index contributed by atoms with van der Waals surface area (Å²) in [6.45, 7) is 3.84. The molecule has 110 valence electrons. The van der Waals surface area contributed by atoms with E-state index in [-0.39, 0.29) is 16.9 Å². The van der Waals surface area contributed by atoms with Gasteiger partial charge in [-0.05, 0) is 30.0 Å². The topological polar surface area (TPSA) is 72.8 Å². The van der Waals surface area contributed by atoms with E-state index in [0.29, 0.717) is 24.0 Å². The molecule has 0 aliphatic heterocycles. The summed E-state index contributed by atoms with van der Waals surface area (Å²) in [5, 5.41) is 10.1. The van der Waals surface area contributed by atoms with Gasteiger partial charge in [-0.1, -0.05) is 20.3 Å². The molecule has 0 aliphatic rings. The van der Waals surface area contributed by atoms with Crippen molar-refractivity contribution in [2.75, 3.05) is 14.2 Å². The first kappa shape index (κ1) is 16.0. The smallest absolute Gasteiger partial charge is 0.339 e. The Morgan fingerprint density at radius 3 is 2.15 bits per heavy atom. The molecule has 20 heavy (non-hydrogen) atoms. The quantitative estimate of drug-likeness (QED) is 0.839. The van der Waals surface area contributed by atoms with Crippen molar-refractivity contribution in [1.82, 2.24) is 0 Å². The lowest BCUT2D eigenvalue weighted by Crippen LogP contribution is -2.16. The molecule has 0 unspecified atom stereocenters. The Morgan fingerprint density at radius 2 is 1.70 bits per heavy atom. The summed E-state index contributed by atoms with van der Waals surface area (Å²) in [6, 6.07) is 1.27. The number of esters is 2. The molecule has 5 heteroatoms. The average molecular weight is 280 g/mol. The highest BCUT2D eigenvalue weighted by Gasteiger charge is 2.26. The van der Waals surface area contributed by atoms with Crippen LogP contribution in [0, 0.1) is 0 Å². The van der Waals surface area contributed by atoms with Crippen molar-refractivity contribution in [2.45, 2.75) is 33.1 Å². The molecule has 0 aromatic heterocycles. The first-order chi connectivity index (χ1) is 9.51. The van der Waals surface area contributed by atoms with Crippen LogP contribution in [0.4, 0.5) is 0 Å². The normalized spacial score (nSPS) is 10.2. The molecular weight excluding hydrogens is 260 g/mol. The molecular formula is C15H20O5. The molecule has 0 fully saturated rings. The lowest BCUT2D eigenvalue weighted by Gasteiger charge is -2.17. The van der Waals surface area contributed by atoms with Gasteiger partial charge in [0.05, 0.1) is 25.3 Å². The van der Waals surface area contributed by atoms with Crippen molar-refractivity contribution >= 4 is 11.9 Å². The molecule has 0 atom stereocenters. The van der Waals surface area contributed by atoms with Crippen molar-refractivity contribution in [2.24, 2.45) is 0 Å².